The molecule has 160 valence electrons. The van der Waals surface area contributed by atoms with Gasteiger partial charge in [-0.05, 0) is 74.2 Å². The molecule has 0 saturated carbocycles. The van der Waals surface area contributed by atoms with E-state index in [9.17, 15) is 4.79 Å². The lowest BCUT2D eigenvalue weighted by Gasteiger charge is -2.29. The predicted molar refractivity (Wildman–Crippen MR) is 123 cm³/mol. The summed E-state index contributed by atoms with van der Waals surface area (Å²) in [5.41, 5.74) is 4.13. The maximum atomic E-state index is 13.3. The van der Waals surface area contributed by atoms with Crippen molar-refractivity contribution < 1.29 is 4.79 Å². The lowest BCUT2D eigenvalue weighted by molar-refractivity contribution is -0.131. The zero-order valence-electron chi connectivity index (χ0n) is 18.3. The van der Waals surface area contributed by atoms with E-state index < -0.39 is 5.41 Å². The van der Waals surface area contributed by atoms with Gasteiger partial charge >= 0.3 is 0 Å². The molecule has 5 nitrogen and oxygen atoms in total. The van der Waals surface area contributed by atoms with Gasteiger partial charge < -0.3 is 5.32 Å². The van der Waals surface area contributed by atoms with Crippen molar-refractivity contribution in [3.05, 3.63) is 84.4 Å². The summed E-state index contributed by atoms with van der Waals surface area (Å²) in [5.74, 6) is 0.157. The Morgan fingerprint density at radius 2 is 1.77 bits per heavy atom. The number of aromatic nitrogens is 2. The highest BCUT2D eigenvalue weighted by molar-refractivity contribution is 5.84. The fourth-order valence-corrected chi connectivity index (χ4v) is 4.39. The molecule has 1 aliphatic rings. The third-order valence-electron chi connectivity index (χ3n) is 5.96. The molecule has 1 atom stereocenters. The van der Waals surface area contributed by atoms with Crippen LogP contribution in [0.1, 0.15) is 31.5 Å². The fourth-order valence-electron chi connectivity index (χ4n) is 4.39. The number of nitrogens with one attached hydrogen (secondary N) is 1. The normalized spacial score (nSPS) is 18.9. The number of hydrogen-bond donors (Lipinski definition) is 1. The second-order valence-corrected chi connectivity index (χ2v) is 8.80. The van der Waals surface area contributed by atoms with Gasteiger partial charge in [0.1, 0.15) is 0 Å². The monoisotopic (exact) mass is 414 g/mol. The second-order valence-electron chi connectivity index (χ2n) is 8.80. The van der Waals surface area contributed by atoms with E-state index in [0.717, 1.165) is 49.3 Å². The summed E-state index contributed by atoms with van der Waals surface area (Å²) >= 11 is 0. The average molecular weight is 415 g/mol. The molecule has 1 amide bonds. The topological polar surface area (TPSA) is 58.1 Å². The first kappa shape index (κ1) is 21.2. The molecule has 4 rings (SSSR count). The van der Waals surface area contributed by atoms with Crippen LogP contribution in [0.2, 0.25) is 0 Å². The minimum atomic E-state index is -0.419. The molecule has 0 spiro atoms. The van der Waals surface area contributed by atoms with Crippen LogP contribution in [0.5, 0.6) is 0 Å². The van der Waals surface area contributed by atoms with E-state index >= 15 is 0 Å². The highest BCUT2D eigenvalue weighted by Crippen LogP contribution is 2.36. The summed E-state index contributed by atoms with van der Waals surface area (Å²) in [4.78, 5) is 24.2. The predicted octanol–water partition coefficient (Wildman–Crippen LogP) is 4.10. The SMILES string of the molecule is CC(C)NC(=O)[C@@]1(Cc2ccc(-c3ccncc3)cc2)CCN(Cc2ccccn2)C1. The van der Waals surface area contributed by atoms with Gasteiger partial charge in [0, 0.05) is 37.7 Å². The fraction of sp³-hybridized carbons (Fsp3) is 0.346. The summed E-state index contributed by atoms with van der Waals surface area (Å²) < 4.78 is 0. The van der Waals surface area contributed by atoms with Crippen molar-refractivity contribution in [2.24, 2.45) is 5.41 Å². The molecule has 0 unspecified atom stereocenters. The van der Waals surface area contributed by atoms with Crippen LogP contribution in [-0.4, -0.2) is 39.9 Å². The van der Waals surface area contributed by atoms with Gasteiger partial charge in [-0.15, -0.1) is 0 Å². The van der Waals surface area contributed by atoms with Crippen molar-refractivity contribution in [2.45, 2.75) is 39.3 Å². The first-order valence-corrected chi connectivity index (χ1v) is 11.0. The van der Waals surface area contributed by atoms with E-state index in [1.165, 1.54) is 5.56 Å². The molecule has 3 heterocycles. The molecule has 0 radical (unpaired) electrons. The number of amides is 1. The Labute approximate surface area is 184 Å². The Kier molecular flexibility index (Phi) is 6.42. The Morgan fingerprint density at radius 1 is 1.03 bits per heavy atom. The van der Waals surface area contributed by atoms with Crippen LogP contribution in [0.4, 0.5) is 0 Å². The Hall–Kier alpha value is -3.05. The van der Waals surface area contributed by atoms with Crippen molar-refractivity contribution in [3.63, 3.8) is 0 Å². The zero-order chi connectivity index (χ0) is 21.7. The maximum absolute atomic E-state index is 13.3. The van der Waals surface area contributed by atoms with Gasteiger partial charge in [0.25, 0.3) is 0 Å². The zero-order valence-corrected chi connectivity index (χ0v) is 18.3. The maximum Gasteiger partial charge on any atom is 0.228 e. The number of rotatable bonds is 7. The van der Waals surface area contributed by atoms with Crippen LogP contribution >= 0.6 is 0 Å². The summed E-state index contributed by atoms with van der Waals surface area (Å²) in [6, 6.07) is 18.7. The molecule has 1 aliphatic heterocycles. The van der Waals surface area contributed by atoms with Gasteiger partial charge in [0.15, 0.2) is 0 Å². The molecular weight excluding hydrogens is 384 g/mol. The quantitative estimate of drug-likeness (QED) is 0.632. The molecule has 0 bridgehead atoms. The Bertz CT molecular complexity index is 989. The van der Waals surface area contributed by atoms with Gasteiger partial charge in [-0.3, -0.25) is 19.7 Å². The summed E-state index contributed by atoms with van der Waals surface area (Å²) in [5, 5.41) is 3.18. The smallest absolute Gasteiger partial charge is 0.228 e. The molecular formula is C26H30N4O. The van der Waals surface area contributed by atoms with E-state index in [2.05, 4.69) is 44.5 Å². The lowest BCUT2D eigenvalue weighted by atomic mass is 9.79. The minimum absolute atomic E-state index is 0.128. The Balaban J connectivity index is 1.52. The number of benzene rings is 1. The van der Waals surface area contributed by atoms with Crippen molar-refractivity contribution in [2.75, 3.05) is 13.1 Å². The van der Waals surface area contributed by atoms with Crippen LogP contribution in [0, 0.1) is 5.41 Å². The highest BCUT2D eigenvalue weighted by atomic mass is 16.2. The molecule has 5 heteroatoms. The lowest BCUT2D eigenvalue weighted by Crippen LogP contribution is -2.46. The molecule has 2 aromatic heterocycles. The first-order chi connectivity index (χ1) is 15.0. The van der Waals surface area contributed by atoms with E-state index in [1.807, 2.05) is 62.8 Å². The van der Waals surface area contributed by atoms with Crippen LogP contribution in [-0.2, 0) is 17.8 Å². The number of hydrogen-bond acceptors (Lipinski definition) is 4. The summed E-state index contributed by atoms with van der Waals surface area (Å²) in [6.45, 7) is 6.47. The van der Waals surface area contributed by atoms with Gasteiger partial charge in [0.2, 0.25) is 5.91 Å². The van der Waals surface area contributed by atoms with E-state index in [1.54, 1.807) is 0 Å². The van der Waals surface area contributed by atoms with E-state index in [4.69, 9.17) is 0 Å². The van der Waals surface area contributed by atoms with Gasteiger partial charge in [-0.2, -0.15) is 0 Å². The van der Waals surface area contributed by atoms with Crippen LogP contribution in [0.15, 0.2) is 73.2 Å². The van der Waals surface area contributed by atoms with Gasteiger partial charge in [0.05, 0.1) is 11.1 Å². The number of carbonyl (C=O) groups is 1. The number of nitrogens with zero attached hydrogens (tertiary/aromatic N) is 3. The van der Waals surface area contributed by atoms with E-state index in [-0.39, 0.29) is 11.9 Å². The molecule has 1 N–H and O–H groups in total. The van der Waals surface area contributed by atoms with Crippen LogP contribution in [0.3, 0.4) is 0 Å². The summed E-state index contributed by atoms with van der Waals surface area (Å²) in [6.07, 6.45) is 7.03. The van der Waals surface area contributed by atoms with E-state index in [0.29, 0.717) is 0 Å². The van der Waals surface area contributed by atoms with Crippen LogP contribution in [0.25, 0.3) is 11.1 Å². The highest BCUT2D eigenvalue weighted by Gasteiger charge is 2.44. The minimum Gasteiger partial charge on any atom is -0.353 e. The van der Waals surface area contributed by atoms with Crippen LogP contribution < -0.4 is 5.32 Å². The first-order valence-electron chi connectivity index (χ1n) is 11.0. The second kappa shape index (κ2) is 9.40. The molecule has 0 aliphatic carbocycles. The molecule has 1 fully saturated rings. The van der Waals surface area contributed by atoms with Crippen molar-refractivity contribution in [3.8, 4) is 11.1 Å². The van der Waals surface area contributed by atoms with Crippen molar-refractivity contribution >= 4 is 5.91 Å². The largest absolute Gasteiger partial charge is 0.353 e. The van der Waals surface area contributed by atoms with Crippen molar-refractivity contribution in [1.82, 2.24) is 20.2 Å². The third-order valence-corrected chi connectivity index (χ3v) is 5.96. The molecule has 31 heavy (non-hydrogen) atoms. The molecule has 1 saturated heterocycles. The Morgan fingerprint density at radius 3 is 2.45 bits per heavy atom. The molecule has 1 aromatic carbocycles. The number of carbonyl (C=O) groups excluding carboxylic acids is 1. The van der Waals surface area contributed by atoms with Gasteiger partial charge in [-0.25, -0.2) is 0 Å². The standard InChI is InChI=1S/C26H30N4O/c1-20(2)29-25(31)26(12-16-30(19-26)18-24-5-3-4-13-28-24)17-21-6-8-22(9-7-21)23-10-14-27-15-11-23/h3-11,13-15,20H,12,16-19H2,1-2H3,(H,29,31)/t26-/m1/s1. The average Bonchev–Trinajstić information content (AvgIpc) is 3.19. The summed E-state index contributed by atoms with van der Waals surface area (Å²) in [7, 11) is 0. The number of pyridine rings is 2. The third kappa shape index (κ3) is 5.17. The van der Waals surface area contributed by atoms with Crippen molar-refractivity contribution in [1.29, 1.82) is 0 Å². The van der Waals surface area contributed by atoms with Gasteiger partial charge in [-0.1, -0.05) is 30.3 Å². The molecule has 3 aromatic rings. The number of likely N-dealkylation sites (tertiary alicyclic amines) is 1.